The van der Waals surface area contributed by atoms with Crippen molar-refractivity contribution in [3.05, 3.63) is 23.8 Å². The van der Waals surface area contributed by atoms with Crippen LogP contribution in [0.4, 0.5) is 11.4 Å². The maximum Gasteiger partial charge on any atom is 0.227 e. The first-order chi connectivity index (χ1) is 8.98. The summed E-state index contributed by atoms with van der Waals surface area (Å²) in [7, 11) is 3.94. The molecule has 1 heterocycles. The average molecular weight is 259 g/mol. The minimum Gasteiger partial charge on any atom is -0.373 e. The molecule has 102 valence electrons. The lowest BCUT2D eigenvalue weighted by Crippen LogP contribution is -2.37. The first-order valence-electron chi connectivity index (χ1n) is 6.88. The minimum absolute atomic E-state index is 0.0252. The average Bonchev–Trinajstić information content (AvgIpc) is 3.11. The van der Waals surface area contributed by atoms with E-state index in [0.29, 0.717) is 6.42 Å². The molecule has 4 heteroatoms. The molecule has 0 atom stereocenters. The fourth-order valence-electron chi connectivity index (χ4n) is 2.76. The van der Waals surface area contributed by atoms with Crippen molar-refractivity contribution in [1.82, 2.24) is 0 Å². The largest absolute Gasteiger partial charge is 0.373 e. The first-order valence-corrected chi connectivity index (χ1v) is 6.88. The maximum absolute atomic E-state index is 11.7. The van der Waals surface area contributed by atoms with Gasteiger partial charge in [-0.1, -0.05) is 0 Å². The monoisotopic (exact) mass is 259 g/mol. The van der Waals surface area contributed by atoms with Crippen molar-refractivity contribution in [2.24, 2.45) is 5.73 Å². The molecule has 1 fully saturated rings. The Morgan fingerprint density at radius 3 is 2.79 bits per heavy atom. The molecule has 1 aliphatic carbocycles. The highest BCUT2D eigenvalue weighted by Gasteiger charge is 2.39. The number of nitrogens with two attached hydrogens (primary N) is 1. The Bertz CT molecular complexity index is 522. The zero-order chi connectivity index (χ0) is 13.6. The number of nitrogens with zero attached hydrogens (tertiary/aromatic N) is 2. The molecular weight excluding hydrogens is 238 g/mol. The summed E-state index contributed by atoms with van der Waals surface area (Å²) in [5.74, 6) is 0.201. The molecule has 0 bridgehead atoms. The second-order valence-electron chi connectivity index (χ2n) is 5.98. The molecule has 19 heavy (non-hydrogen) atoms. The highest BCUT2D eigenvalue weighted by atomic mass is 16.2. The number of likely N-dealkylation sites (N-methyl/N-ethyl adjacent to an activating group) is 1. The lowest BCUT2D eigenvalue weighted by atomic mass is 10.0. The van der Waals surface area contributed by atoms with Gasteiger partial charge in [0.15, 0.2) is 0 Å². The number of hydrogen-bond donors (Lipinski definition) is 1. The van der Waals surface area contributed by atoms with Crippen molar-refractivity contribution < 1.29 is 4.79 Å². The standard InChI is InChI=1S/C15H21N3O/c1-17(10-15(16)7-8-15)12-4-5-13-11(9-12)3-6-14(19)18(13)2/h4-5,9H,3,6-8,10,16H2,1-2H3. The number of amides is 1. The molecule has 0 aromatic heterocycles. The highest BCUT2D eigenvalue weighted by molar-refractivity contribution is 5.96. The summed E-state index contributed by atoms with van der Waals surface area (Å²) in [5, 5.41) is 0. The van der Waals surface area contributed by atoms with Crippen LogP contribution in [0.25, 0.3) is 0 Å². The fraction of sp³-hybridized carbons (Fsp3) is 0.533. The molecule has 4 nitrogen and oxygen atoms in total. The molecule has 0 radical (unpaired) electrons. The molecule has 1 amide bonds. The predicted octanol–water partition coefficient (Wildman–Crippen LogP) is 1.52. The molecule has 3 rings (SSSR count). The number of anilines is 2. The van der Waals surface area contributed by atoms with Crippen LogP contribution in [0.5, 0.6) is 0 Å². The molecule has 1 aromatic carbocycles. The van der Waals surface area contributed by atoms with Gasteiger partial charge in [-0.2, -0.15) is 0 Å². The number of rotatable bonds is 3. The zero-order valence-corrected chi connectivity index (χ0v) is 11.6. The van der Waals surface area contributed by atoms with Crippen LogP contribution in [0.1, 0.15) is 24.8 Å². The maximum atomic E-state index is 11.7. The van der Waals surface area contributed by atoms with E-state index in [4.69, 9.17) is 5.73 Å². The van der Waals surface area contributed by atoms with Crippen molar-refractivity contribution in [2.45, 2.75) is 31.2 Å². The lowest BCUT2D eigenvalue weighted by Gasteiger charge is -2.29. The second kappa shape index (κ2) is 4.23. The van der Waals surface area contributed by atoms with Crippen LogP contribution < -0.4 is 15.5 Å². The molecule has 0 saturated heterocycles. The van der Waals surface area contributed by atoms with E-state index in [1.165, 1.54) is 11.3 Å². The summed E-state index contributed by atoms with van der Waals surface area (Å²) >= 11 is 0. The van der Waals surface area contributed by atoms with E-state index >= 15 is 0 Å². The van der Waals surface area contributed by atoms with E-state index in [9.17, 15) is 4.79 Å². The number of carbonyl (C=O) groups excluding carboxylic acids is 1. The van der Waals surface area contributed by atoms with Crippen molar-refractivity contribution in [2.75, 3.05) is 30.4 Å². The van der Waals surface area contributed by atoms with Gasteiger partial charge in [-0.3, -0.25) is 4.79 Å². The van der Waals surface area contributed by atoms with E-state index in [-0.39, 0.29) is 11.4 Å². The van der Waals surface area contributed by atoms with Gasteiger partial charge in [0.2, 0.25) is 5.91 Å². The van der Waals surface area contributed by atoms with Gasteiger partial charge in [-0.25, -0.2) is 0 Å². The van der Waals surface area contributed by atoms with Crippen LogP contribution in [-0.4, -0.2) is 32.1 Å². The number of fused-ring (bicyclic) bond motifs is 1. The van der Waals surface area contributed by atoms with Gasteiger partial charge in [-0.15, -0.1) is 0 Å². The SMILES string of the molecule is CN(CC1(N)CC1)c1ccc2c(c1)CCC(=O)N2C. The quantitative estimate of drug-likeness (QED) is 0.895. The Hall–Kier alpha value is -1.55. The molecule has 0 spiro atoms. The van der Waals surface area contributed by atoms with E-state index in [1.54, 1.807) is 4.90 Å². The molecule has 1 aromatic rings. The van der Waals surface area contributed by atoms with Gasteiger partial charge >= 0.3 is 0 Å². The summed E-state index contributed by atoms with van der Waals surface area (Å²) in [4.78, 5) is 15.7. The zero-order valence-electron chi connectivity index (χ0n) is 11.6. The Morgan fingerprint density at radius 1 is 1.37 bits per heavy atom. The third-order valence-electron chi connectivity index (χ3n) is 4.29. The van der Waals surface area contributed by atoms with Crippen LogP contribution in [0.3, 0.4) is 0 Å². The van der Waals surface area contributed by atoms with Gasteiger partial charge in [0.1, 0.15) is 0 Å². The summed E-state index contributed by atoms with van der Waals surface area (Å²) in [6.07, 6.45) is 3.70. The van der Waals surface area contributed by atoms with Crippen LogP contribution in [0, 0.1) is 0 Å². The number of carbonyl (C=O) groups is 1. The molecule has 2 N–H and O–H groups in total. The molecule has 1 saturated carbocycles. The summed E-state index contributed by atoms with van der Waals surface area (Å²) in [5.41, 5.74) is 9.69. The minimum atomic E-state index is 0.0252. The van der Waals surface area contributed by atoms with E-state index in [1.807, 2.05) is 13.1 Å². The predicted molar refractivity (Wildman–Crippen MR) is 77.6 cm³/mol. The number of benzene rings is 1. The summed E-state index contributed by atoms with van der Waals surface area (Å²) in [6, 6.07) is 6.33. The Morgan fingerprint density at radius 2 is 2.11 bits per heavy atom. The van der Waals surface area contributed by atoms with Gasteiger partial charge in [0.25, 0.3) is 0 Å². The van der Waals surface area contributed by atoms with Crippen molar-refractivity contribution >= 4 is 17.3 Å². The lowest BCUT2D eigenvalue weighted by molar-refractivity contribution is -0.118. The second-order valence-corrected chi connectivity index (χ2v) is 5.98. The topological polar surface area (TPSA) is 49.6 Å². The number of aryl methyl sites for hydroxylation is 1. The van der Waals surface area contributed by atoms with Gasteiger partial charge in [0, 0.05) is 44.0 Å². The van der Waals surface area contributed by atoms with Gasteiger partial charge in [-0.05, 0) is 43.0 Å². The van der Waals surface area contributed by atoms with Crippen LogP contribution in [0.15, 0.2) is 18.2 Å². The van der Waals surface area contributed by atoms with Crippen molar-refractivity contribution in [3.8, 4) is 0 Å². The van der Waals surface area contributed by atoms with E-state index in [0.717, 1.165) is 31.5 Å². The Kier molecular flexibility index (Phi) is 2.78. The molecular formula is C15H21N3O. The summed E-state index contributed by atoms with van der Waals surface area (Å²) < 4.78 is 0. The van der Waals surface area contributed by atoms with Crippen LogP contribution in [0.2, 0.25) is 0 Å². The molecule has 1 aliphatic heterocycles. The fourth-order valence-corrected chi connectivity index (χ4v) is 2.76. The smallest absolute Gasteiger partial charge is 0.227 e. The third kappa shape index (κ3) is 2.32. The van der Waals surface area contributed by atoms with Crippen molar-refractivity contribution in [1.29, 1.82) is 0 Å². The van der Waals surface area contributed by atoms with Gasteiger partial charge in [0.05, 0.1) is 0 Å². The van der Waals surface area contributed by atoms with Gasteiger partial charge < -0.3 is 15.5 Å². The highest BCUT2D eigenvalue weighted by Crippen LogP contribution is 2.35. The Labute approximate surface area is 114 Å². The van der Waals surface area contributed by atoms with E-state index in [2.05, 4.69) is 24.1 Å². The van der Waals surface area contributed by atoms with Crippen LogP contribution in [-0.2, 0) is 11.2 Å². The van der Waals surface area contributed by atoms with Crippen LogP contribution >= 0.6 is 0 Å². The van der Waals surface area contributed by atoms with Crippen molar-refractivity contribution in [3.63, 3.8) is 0 Å². The first kappa shape index (κ1) is 12.5. The molecule has 2 aliphatic rings. The Balaban J connectivity index is 1.83. The normalized spacial score (nSPS) is 20.2. The molecule has 0 unspecified atom stereocenters. The van der Waals surface area contributed by atoms with E-state index < -0.39 is 0 Å². The summed E-state index contributed by atoms with van der Waals surface area (Å²) in [6.45, 7) is 0.903. The third-order valence-corrected chi connectivity index (χ3v) is 4.29. The number of hydrogen-bond acceptors (Lipinski definition) is 3.